The van der Waals surface area contributed by atoms with Gasteiger partial charge in [0.1, 0.15) is 5.82 Å². The summed E-state index contributed by atoms with van der Waals surface area (Å²) in [5, 5.41) is 0. The van der Waals surface area contributed by atoms with Crippen molar-refractivity contribution >= 4 is 5.91 Å². The van der Waals surface area contributed by atoms with Gasteiger partial charge in [0.05, 0.1) is 6.20 Å². The first-order valence-corrected chi connectivity index (χ1v) is 6.96. The number of halogens is 4. The van der Waals surface area contributed by atoms with Gasteiger partial charge in [0.15, 0.2) is 17.5 Å². The standard InChI is InChI=1S/C16H12F4N2O/c17-12-3-10(4-13(18)16(12)20)11-5-15(23)22(8-11)7-9-1-2-21-6-14(9)19/h1-4,6,11H,5,7-8H2/t11-/m0/s1/i19-1. The summed E-state index contributed by atoms with van der Waals surface area (Å²) in [7, 11) is 0. The Morgan fingerprint density at radius 3 is 2.48 bits per heavy atom. The third kappa shape index (κ3) is 3.04. The molecule has 1 aromatic carbocycles. The second kappa shape index (κ2) is 5.98. The number of hydrogen-bond acceptors (Lipinski definition) is 2. The summed E-state index contributed by atoms with van der Waals surface area (Å²) in [6.45, 7) is 0.237. The van der Waals surface area contributed by atoms with Crippen LogP contribution in [0.5, 0.6) is 0 Å². The zero-order valence-electron chi connectivity index (χ0n) is 11.9. The lowest BCUT2D eigenvalue weighted by atomic mass is 9.98. The van der Waals surface area contributed by atoms with Gasteiger partial charge in [0, 0.05) is 37.2 Å². The fraction of sp³-hybridized carbons (Fsp3) is 0.250. The lowest BCUT2D eigenvalue weighted by Gasteiger charge is -2.17. The molecule has 3 nitrogen and oxygen atoms in total. The van der Waals surface area contributed by atoms with E-state index in [1.54, 1.807) is 0 Å². The minimum atomic E-state index is -1.53. The molecule has 2 aromatic rings. The van der Waals surface area contributed by atoms with Gasteiger partial charge < -0.3 is 4.90 Å². The normalized spacial score (nSPS) is 17.8. The van der Waals surface area contributed by atoms with E-state index in [9.17, 15) is 22.4 Å². The molecule has 1 amide bonds. The van der Waals surface area contributed by atoms with Crippen molar-refractivity contribution in [2.45, 2.75) is 18.9 Å². The molecule has 2 heterocycles. The molecule has 1 saturated heterocycles. The second-order valence-corrected chi connectivity index (χ2v) is 5.44. The number of pyridine rings is 1. The molecule has 0 saturated carbocycles. The lowest BCUT2D eigenvalue weighted by molar-refractivity contribution is -0.128. The summed E-state index contributed by atoms with van der Waals surface area (Å²) in [5.41, 5.74) is 0.526. The third-order valence-electron chi connectivity index (χ3n) is 3.91. The molecule has 0 N–H and O–H groups in total. The molecule has 1 fully saturated rings. The van der Waals surface area contributed by atoms with E-state index in [4.69, 9.17) is 0 Å². The van der Waals surface area contributed by atoms with E-state index in [0.29, 0.717) is 5.56 Å². The first-order chi connectivity index (χ1) is 11.0. The summed E-state index contributed by atoms with van der Waals surface area (Å²) in [5.74, 6) is -5.35. The molecule has 1 aromatic heterocycles. The molecule has 3 rings (SSSR count). The van der Waals surface area contributed by atoms with Crippen molar-refractivity contribution in [3.63, 3.8) is 0 Å². The Bertz CT molecular complexity index is 742. The van der Waals surface area contributed by atoms with Crippen LogP contribution in [0.15, 0.2) is 30.6 Å². The largest absolute Gasteiger partial charge is 0.338 e. The molecular weight excluding hydrogens is 311 g/mol. The molecule has 120 valence electrons. The number of nitrogens with zero attached hydrogens (tertiary/aromatic N) is 2. The van der Waals surface area contributed by atoms with E-state index < -0.39 is 29.2 Å². The number of carbonyl (C=O) groups excluding carboxylic acids is 1. The lowest BCUT2D eigenvalue weighted by Crippen LogP contribution is -2.25. The molecule has 23 heavy (non-hydrogen) atoms. The smallest absolute Gasteiger partial charge is 0.223 e. The molecule has 1 aliphatic heterocycles. The van der Waals surface area contributed by atoms with Crippen molar-refractivity contribution in [1.29, 1.82) is 0 Å². The van der Waals surface area contributed by atoms with Crippen LogP contribution >= 0.6 is 0 Å². The highest BCUT2D eigenvalue weighted by Gasteiger charge is 2.32. The number of carbonyl (C=O) groups is 1. The average molecular weight is 323 g/mol. The van der Waals surface area contributed by atoms with Gasteiger partial charge in [-0.1, -0.05) is 0 Å². The van der Waals surface area contributed by atoms with Gasteiger partial charge in [0.2, 0.25) is 5.91 Å². The molecule has 0 bridgehead atoms. The quantitative estimate of drug-likeness (QED) is 0.642. The van der Waals surface area contributed by atoms with Crippen LogP contribution in [0.4, 0.5) is 17.6 Å². The Hall–Kier alpha value is -2.44. The molecule has 0 unspecified atom stereocenters. The monoisotopic (exact) mass is 323 g/mol. The molecule has 1 aliphatic rings. The summed E-state index contributed by atoms with van der Waals surface area (Å²) in [4.78, 5) is 17.1. The Balaban J connectivity index is 1.79. The van der Waals surface area contributed by atoms with Crippen molar-refractivity contribution in [3.8, 4) is 0 Å². The summed E-state index contributed by atoms with van der Waals surface area (Å²) >= 11 is 0. The summed E-state index contributed by atoms with van der Waals surface area (Å²) in [6.07, 6.45) is 2.51. The predicted octanol–water partition coefficient (Wildman–Crippen LogP) is 3.15. The van der Waals surface area contributed by atoms with E-state index >= 15 is 0 Å². The Kier molecular flexibility index (Phi) is 4.02. The van der Waals surface area contributed by atoms with Crippen LogP contribution in [-0.4, -0.2) is 22.3 Å². The molecule has 0 radical (unpaired) electrons. The van der Waals surface area contributed by atoms with Gasteiger partial charge >= 0.3 is 0 Å². The van der Waals surface area contributed by atoms with Crippen molar-refractivity contribution in [2.75, 3.05) is 6.54 Å². The van der Waals surface area contributed by atoms with Crippen LogP contribution in [0.25, 0.3) is 0 Å². The number of hydrogen-bond donors (Lipinski definition) is 0. The van der Waals surface area contributed by atoms with Crippen LogP contribution in [-0.2, 0) is 11.3 Å². The van der Waals surface area contributed by atoms with Gasteiger partial charge in [-0.3, -0.25) is 9.78 Å². The maximum Gasteiger partial charge on any atom is 0.223 e. The van der Waals surface area contributed by atoms with E-state index in [1.165, 1.54) is 17.2 Å². The fourth-order valence-corrected chi connectivity index (χ4v) is 2.70. The van der Waals surface area contributed by atoms with E-state index in [1.807, 2.05) is 0 Å². The molecular formula is C16H12F4N2O. The number of benzene rings is 1. The van der Waals surface area contributed by atoms with Crippen molar-refractivity contribution < 1.29 is 22.4 Å². The molecule has 1 atom stereocenters. The topological polar surface area (TPSA) is 33.2 Å². The molecule has 7 heteroatoms. The van der Waals surface area contributed by atoms with Crippen LogP contribution in [0.2, 0.25) is 0 Å². The van der Waals surface area contributed by atoms with Gasteiger partial charge in [0.25, 0.3) is 0 Å². The number of rotatable bonds is 3. The Morgan fingerprint density at radius 1 is 1.13 bits per heavy atom. The van der Waals surface area contributed by atoms with E-state index in [0.717, 1.165) is 18.3 Å². The Labute approximate surface area is 129 Å². The first kappa shape index (κ1) is 15.5. The third-order valence-corrected chi connectivity index (χ3v) is 3.91. The van der Waals surface area contributed by atoms with Crippen molar-refractivity contribution in [2.24, 2.45) is 0 Å². The highest BCUT2D eigenvalue weighted by Crippen LogP contribution is 2.31. The number of aromatic nitrogens is 1. The summed E-state index contributed by atoms with van der Waals surface area (Å²) < 4.78 is 53.2. The highest BCUT2D eigenvalue weighted by atomic mass is 19.2. The van der Waals surface area contributed by atoms with Gasteiger partial charge in [-0.05, 0) is 23.8 Å². The van der Waals surface area contributed by atoms with Crippen LogP contribution in [0.3, 0.4) is 0 Å². The minimum absolute atomic E-state index is 0.0389. The molecule has 0 aliphatic carbocycles. The van der Waals surface area contributed by atoms with E-state index in [2.05, 4.69) is 4.98 Å². The first-order valence-electron chi connectivity index (χ1n) is 6.96. The zero-order chi connectivity index (χ0) is 16.6. The second-order valence-electron chi connectivity index (χ2n) is 5.44. The maximum atomic E-state index is 13.6. The summed E-state index contributed by atoms with van der Waals surface area (Å²) in [6, 6.07) is 3.26. The van der Waals surface area contributed by atoms with Crippen LogP contribution in [0, 0.1) is 23.3 Å². The highest BCUT2D eigenvalue weighted by molar-refractivity contribution is 5.79. The zero-order valence-corrected chi connectivity index (χ0v) is 11.9. The average Bonchev–Trinajstić information content (AvgIpc) is 2.88. The predicted molar refractivity (Wildman–Crippen MR) is 73.3 cm³/mol. The molecule has 0 spiro atoms. The maximum absolute atomic E-state index is 13.6. The number of amides is 1. The Morgan fingerprint density at radius 2 is 1.83 bits per heavy atom. The van der Waals surface area contributed by atoms with Crippen LogP contribution in [0.1, 0.15) is 23.5 Å². The van der Waals surface area contributed by atoms with Gasteiger partial charge in [-0.25, -0.2) is 17.6 Å². The van der Waals surface area contributed by atoms with Gasteiger partial charge in [-0.15, -0.1) is 0 Å². The SMILES string of the molecule is O=C1C[C@H](c2cc(F)c(F)c(F)c2)CN1Cc1ccncc1[18F]. The minimum Gasteiger partial charge on any atom is -0.338 e. The van der Waals surface area contributed by atoms with E-state index in [-0.39, 0.29) is 31.0 Å². The van der Waals surface area contributed by atoms with Crippen LogP contribution < -0.4 is 0 Å². The van der Waals surface area contributed by atoms with Crippen molar-refractivity contribution in [3.05, 3.63) is 65.0 Å². The number of likely N-dealkylation sites (tertiary alicyclic amines) is 1. The van der Waals surface area contributed by atoms with Crippen molar-refractivity contribution in [1.82, 2.24) is 9.88 Å². The fourth-order valence-electron chi connectivity index (χ4n) is 2.70. The van der Waals surface area contributed by atoms with Gasteiger partial charge in [-0.2, -0.15) is 0 Å².